The fraction of sp³-hybridized carbons (Fsp3) is 0.750. The first kappa shape index (κ1) is 9.19. The minimum atomic E-state index is 0.155. The van der Waals surface area contributed by atoms with Crippen molar-refractivity contribution in [2.24, 2.45) is 5.73 Å². The normalized spacial score (nSPS) is 13.8. The molecule has 68 valence electrons. The summed E-state index contributed by atoms with van der Waals surface area (Å²) in [5.41, 5.74) is 6.60. The summed E-state index contributed by atoms with van der Waals surface area (Å²) < 4.78 is 1.84. The Morgan fingerprint density at radius 2 is 2.17 bits per heavy atom. The van der Waals surface area contributed by atoms with Gasteiger partial charge in [0, 0.05) is 24.7 Å². The van der Waals surface area contributed by atoms with Crippen LogP contribution < -0.4 is 5.73 Å². The van der Waals surface area contributed by atoms with Gasteiger partial charge < -0.3 is 5.73 Å². The Balaban J connectivity index is 2.64. The van der Waals surface area contributed by atoms with E-state index >= 15 is 0 Å². The van der Waals surface area contributed by atoms with Crippen LogP contribution in [0.3, 0.4) is 0 Å². The highest BCUT2D eigenvalue weighted by molar-refractivity contribution is 4.95. The molecule has 4 nitrogen and oxygen atoms in total. The second kappa shape index (κ2) is 3.67. The lowest BCUT2D eigenvalue weighted by Crippen LogP contribution is -2.17. The van der Waals surface area contributed by atoms with Crippen LogP contribution in [0.1, 0.15) is 32.5 Å². The topological polar surface area (TPSA) is 56.7 Å². The molecule has 0 aromatic carbocycles. The smallest absolute Gasteiger partial charge is 0.0842 e. The minimum Gasteiger partial charge on any atom is -0.328 e. The van der Waals surface area contributed by atoms with Crippen LogP contribution in [0.4, 0.5) is 0 Å². The van der Waals surface area contributed by atoms with Gasteiger partial charge in [-0.15, -0.1) is 5.10 Å². The zero-order valence-electron chi connectivity index (χ0n) is 7.86. The van der Waals surface area contributed by atoms with E-state index in [1.54, 1.807) is 0 Å². The number of nitrogens with zero attached hydrogens (tertiary/aromatic N) is 3. The molecule has 0 aliphatic rings. The molecule has 0 aliphatic carbocycles. The zero-order valence-corrected chi connectivity index (χ0v) is 7.86. The van der Waals surface area contributed by atoms with Gasteiger partial charge >= 0.3 is 0 Å². The van der Waals surface area contributed by atoms with Crippen molar-refractivity contribution in [2.45, 2.75) is 39.3 Å². The largest absolute Gasteiger partial charge is 0.328 e. The van der Waals surface area contributed by atoms with E-state index in [2.05, 4.69) is 24.2 Å². The van der Waals surface area contributed by atoms with Gasteiger partial charge in [0.2, 0.25) is 0 Å². The summed E-state index contributed by atoms with van der Waals surface area (Å²) in [5.74, 6) is 0. The highest BCUT2D eigenvalue weighted by Gasteiger charge is 2.04. The molecule has 0 spiro atoms. The maximum Gasteiger partial charge on any atom is 0.0842 e. The lowest BCUT2D eigenvalue weighted by Gasteiger charge is -2.01. The standard InChI is InChI=1S/C8H16N4/c1-6(2)12-5-8(10-11-12)4-7(3)9/h5-7H,4,9H2,1-3H3. The van der Waals surface area contributed by atoms with Crippen molar-refractivity contribution in [3.63, 3.8) is 0 Å². The summed E-state index contributed by atoms with van der Waals surface area (Å²) in [6.45, 7) is 6.11. The Morgan fingerprint density at radius 3 is 2.58 bits per heavy atom. The molecule has 0 radical (unpaired) electrons. The molecule has 1 aromatic rings. The van der Waals surface area contributed by atoms with Gasteiger partial charge in [0.25, 0.3) is 0 Å². The molecular weight excluding hydrogens is 152 g/mol. The SMILES string of the molecule is CC(N)Cc1cn(C(C)C)nn1. The first-order valence-corrected chi connectivity index (χ1v) is 4.26. The lowest BCUT2D eigenvalue weighted by atomic mass is 10.2. The van der Waals surface area contributed by atoms with Crippen molar-refractivity contribution >= 4 is 0 Å². The molecule has 0 saturated heterocycles. The molecule has 0 aliphatic heterocycles. The van der Waals surface area contributed by atoms with E-state index in [4.69, 9.17) is 5.73 Å². The van der Waals surface area contributed by atoms with E-state index in [0.717, 1.165) is 12.1 Å². The van der Waals surface area contributed by atoms with Gasteiger partial charge in [0.15, 0.2) is 0 Å². The molecule has 1 heterocycles. The van der Waals surface area contributed by atoms with Crippen LogP contribution >= 0.6 is 0 Å². The van der Waals surface area contributed by atoms with Crippen molar-refractivity contribution in [3.05, 3.63) is 11.9 Å². The third-order valence-electron chi connectivity index (χ3n) is 1.62. The van der Waals surface area contributed by atoms with Gasteiger partial charge in [0.05, 0.1) is 5.69 Å². The zero-order chi connectivity index (χ0) is 9.14. The molecular formula is C8H16N4. The van der Waals surface area contributed by atoms with Crippen LogP contribution in [0.25, 0.3) is 0 Å². The van der Waals surface area contributed by atoms with Crippen LogP contribution in [0.15, 0.2) is 6.20 Å². The predicted molar refractivity (Wildman–Crippen MR) is 47.8 cm³/mol. The summed E-state index contributed by atoms with van der Waals surface area (Å²) in [7, 11) is 0. The summed E-state index contributed by atoms with van der Waals surface area (Å²) in [6, 6.07) is 0.529. The third-order valence-corrected chi connectivity index (χ3v) is 1.62. The Bertz CT molecular complexity index is 239. The number of nitrogens with two attached hydrogens (primary N) is 1. The van der Waals surface area contributed by atoms with Crippen LogP contribution in [0, 0.1) is 0 Å². The monoisotopic (exact) mass is 168 g/mol. The molecule has 0 fully saturated rings. The summed E-state index contributed by atoms with van der Waals surface area (Å²) in [4.78, 5) is 0. The van der Waals surface area contributed by atoms with Gasteiger partial charge in [-0.1, -0.05) is 5.21 Å². The maximum absolute atomic E-state index is 5.63. The van der Waals surface area contributed by atoms with Gasteiger partial charge in [-0.25, -0.2) is 4.68 Å². The quantitative estimate of drug-likeness (QED) is 0.724. The summed E-state index contributed by atoms with van der Waals surface area (Å²) >= 11 is 0. The second-order valence-corrected chi connectivity index (χ2v) is 3.47. The fourth-order valence-corrected chi connectivity index (χ4v) is 0.989. The number of rotatable bonds is 3. The van der Waals surface area contributed by atoms with Gasteiger partial charge in [-0.3, -0.25) is 0 Å². The highest BCUT2D eigenvalue weighted by atomic mass is 15.4. The maximum atomic E-state index is 5.63. The predicted octanol–water partition coefficient (Wildman–Crippen LogP) is 0.749. The molecule has 1 atom stereocenters. The van der Waals surface area contributed by atoms with Crippen LogP contribution in [-0.2, 0) is 6.42 Å². The Kier molecular flexibility index (Phi) is 2.81. The first-order valence-electron chi connectivity index (χ1n) is 4.26. The van der Waals surface area contributed by atoms with Crippen molar-refractivity contribution in [3.8, 4) is 0 Å². The Labute approximate surface area is 72.8 Å². The molecule has 0 bridgehead atoms. The lowest BCUT2D eigenvalue weighted by molar-refractivity contribution is 0.514. The molecule has 1 unspecified atom stereocenters. The summed E-state index contributed by atoms with van der Waals surface area (Å²) in [6.07, 6.45) is 2.75. The molecule has 1 aromatic heterocycles. The molecule has 1 rings (SSSR count). The number of hydrogen-bond acceptors (Lipinski definition) is 3. The van der Waals surface area contributed by atoms with Gasteiger partial charge in [-0.2, -0.15) is 0 Å². The Hall–Kier alpha value is -0.900. The molecule has 12 heavy (non-hydrogen) atoms. The van der Waals surface area contributed by atoms with Crippen molar-refractivity contribution in [1.29, 1.82) is 0 Å². The van der Waals surface area contributed by atoms with E-state index in [-0.39, 0.29) is 6.04 Å². The first-order chi connectivity index (χ1) is 5.59. The average molecular weight is 168 g/mol. The molecule has 0 saturated carbocycles. The molecule has 4 heteroatoms. The number of aromatic nitrogens is 3. The van der Waals surface area contributed by atoms with Crippen LogP contribution in [0.2, 0.25) is 0 Å². The van der Waals surface area contributed by atoms with E-state index in [9.17, 15) is 0 Å². The van der Waals surface area contributed by atoms with E-state index in [1.165, 1.54) is 0 Å². The fourth-order valence-electron chi connectivity index (χ4n) is 0.989. The van der Waals surface area contributed by atoms with Crippen molar-refractivity contribution in [2.75, 3.05) is 0 Å². The van der Waals surface area contributed by atoms with Crippen LogP contribution in [0.5, 0.6) is 0 Å². The number of hydrogen-bond donors (Lipinski definition) is 1. The minimum absolute atomic E-state index is 0.155. The van der Waals surface area contributed by atoms with Gasteiger partial charge in [-0.05, 0) is 20.8 Å². The van der Waals surface area contributed by atoms with E-state index in [0.29, 0.717) is 6.04 Å². The third kappa shape index (κ3) is 2.30. The van der Waals surface area contributed by atoms with E-state index in [1.807, 2.05) is 17.8 Å². The van der Waals surface area contributed by atoms with Crippen molar-refractivity contribution in [1.82, 2.24) is 15.0 Å². The van der Waals surface area contributed by atoms with Crippen molar-refractivity contribution < 1.29 is 0 Å². The van der Waals surface area contributed by atoms with E-state index < -0.39 is 0 Å². The molecule has 2 N–H and O–H groups in total. The second-order valence-electron chi connectivity index (χ2n) is 3.47. The average Bonchev–Trinajstić information content (AvgIpc) is 2.34. The summed E-state index contributed by atoms with van der Waals surface area (Å²) in [5, 5.41) is 7.99. The molecule has 0 amide bonds. The Morgan fingerprint density at radius 1 is 1.50 bits per heavy atom. The highest BCUT2D eigenvalue weighted by Crippen LogP contribution is 2.03. The van der Waals surface area contributed by atoms with Crippen LogP contribution in [-0.4, -0.2) is 21.0 Å². The van der Waals surface area contributed by atoms with Gasteiger partial charge in [0.1, 0.15) is 0 Å².